The number of benzene rings is 2. The van der Waals surface area contributed by atoms with Crippen molar-refractivity contribution in [2.75, 3.05) is 0 Å². The van der Waals surface area contributed by atoms with Gasteiger partial charge in [0.25, 0.3) is 0 Å². The van der Waals surface area contributed by atoms with Gasteiger partial charge in [0.15, 0.2) is 0 Å². The molecule has 2 aromatic carbocycles. The van der Waals surface area contributed by atoms with E-state index in [0.29, 0.717) is 18.4 Å². The third-order valence-corrected chi connectivity index (χ3v) is 22.3. The van der Waals surface area contributed by atoms with Crippen LogP contribution < -0.4 is 9.31 Å². The zero-order chi connectivity index (χ0) is 23.6. The van der Waals surface area contributed by atoms with Gasteiger partial charge < -0.3 is 0 Å². The molecule has 0 unspecified atom stereocenters. The molecule has 176 valence electrons. The molecular formula is C27H41NO3Sn. The molecule has 0 aliphatic heterocycles. The number of amides is 1. The molecule has 4 N–H and O–H groups in total. The first-order chi connectivity index (χ1) is 15.4. The van der Waals surface area contributed by atoms with E-state index in [1.165, 1.54) is 57.9 Å². The van der Waals surface area contributed by atoms with E-state index in [0.717, 1.165) is 11.1 Å². The van der Waals surface area contributed by atoms with E-state index in [2.05, 4.69) is 32.9 Å². The van der Waals surface area contributed by atoms with Crippen LogP contribution in [0.1, 0.15) is 80.8 Å². The van der Waals surface area contributed by atoms with E-state index in [1.807, 2.05) is 12.1 Å². The second kappa shape index (κ2) is 13.1. The fourth-order valence-electron chi connectivity index (χ4n) is 4.73. The molecule has 0 radical (unpaired) electrons. The molecule has 5 heteroatoms. The van der Waals surface area contributed by atoms with Gasteiger partial charge in [-0.3, -0.25) is 0 Å². The Morgan fingerprint density at radius 3 is 1.91 bits per heavy atom. The monoisotopic (exact) mass is 547 g/mol. The summed E-state index contributed by atoms with van der Waals surface area (Å²) < 4.78 is 5.69. The van der Waals surface area contributed by atoms with Crippen LogP contribution in [0, 0.1) is 0 Å². The number of aromatic hydroxyl groups is 2. The topological polar surface area (TPSA) is 83.6 Å². The van der Waals surface area contributed by atoms with Crippen molar-refractivity contribution in [2.45, 2.75) is 85.4 Å². The third kappa shape index (κ3) is 7.16. The Bertz CT molecular complexity index is 859. The number of carbonyl (C=O) groups is 1. The van der Waals surface area contributed by atoms with E-state index in [4.69, 9.17) is 5.73 Å². The van der Waals surface area contributed by atoms with Crippen LogP contribution in [0.25, 0.3) is 0 Å². The molecule has 1 amide bonds. The van der Waals surface area contributed by atoms with Crippen LogP contribution in [0.4, 0.5) is 0 Å². The summed E-state index contributed by atoms with van der Waals surface area (Å²) in [6.07, 6.45) is 8.94. The zero-order valence-corrected chi connectivity index (χ0v) is 23.0. The second-order valence-electron chi connectivity index (χ2n) is 9.15. The molecule has 0 fully saturated rings. The number of phenols is 2. The van der Waals surface area contributed by atoms with Gasteiger partial charge >= 0.3 is 199 Å². The number of rotatable bonds is 14. The number of hydrogen-bond acceptors (Lipinski definition) is 3. The van der Waals surface area contributed by atoms with Crippen molar-refractivity contribution < 1.29 is 15.0 Å². The first-order valence-corrected chi connectivity index (χ1v) is 19.8. The molecule has 4 nitrogen and oxygen atoms in total. The fourth-order valence-corrected chi connectivity index (χ4v) is 20.8. The fraction of sp³-hybridized carbons (Fsp3) is 0.519. The molecule has 0 saturated carbocycles. The van der Waals surface area contributed by atoms with Crippen molar-refractivity contribution in [2.24, 2.45) is 5.73 Å². The second-order valence-corrected chi connectivity index (χ2v) is 22.4. The number of primary amides is 1. The van der Waals surface area contributed by atoms with Gasteiger partial charge in [-0.05, 0) is 0 Å². The number of nitrogens with two attached hydrogens (primary N) is 1. The third-order valence-electron chi connectivity index (χ3n) is 6.73. The summed E-state index contributed by atoms with van der Waals surface area (Å²) in [7, 11) is 0. The van der Waals surface area contributed by atoms with Crippen molar-refractivity contribution in [3.8, 4) is 11.5 Å². The molecule has 0 saturated heterocycles. The quantitative estimate of drug-likeness (QED) is 0.200. The zero-order valence-electron chi connectivity index (χ0n) is 20.1. The Morgan fingerprint density at radius 1 is 0.812 bits per heavy atom. The number of hydrogen-bond donors (Lipinski definition) is 3. The van der Waals surface area contributed by atoms with E-state index in [1.54, 1.807) is 9.65 Å². The van der Waals surface area contributed by atoms with Crippen LogP contribution >= 0.6 is 0 Å². The van der Waals surface area contributed by atoms with Crippen molar-refractivity contribution >= 4 is 27.9 Å². The van der Waals surface area contributed by atoms with Crippen LogP contribution in [0.2, 0.25) is 13.3 Å². The molecular weight excluding hydrogens is 505 g/mol. The molecule has 0 bridgehead atoms. The Kier molecular flexibility index (Phi) is 10.9. The summed E-state index contributed by atoms with van der Waals surface area (Å²) >= 11 is -2.60. The standard InChI is InChI=1S/C15H14NO3.3C4H9.Sn/c16-15(19)12-4-2-1-3-11(12)7-5-10-6-8-13(17)14(18)9-10;3*1-3-4-2;/h2-4,6,8-9,17-18H,5,7H2,(H2,16,19);3*1,3-4H2,2H3;. The SMILES string of the molecule is CCC[CH2][Sn]([CH2]CCC)([CH2]CCC)[c]1ccc(C(N)=O)c(CCc2ccc(O)c(O)c2)c1. The van der Waals surface area contributed by atoms with Crippen molar-refractivity contribution in [3.63, 3.8) is 0 Å². The summed E-state index contributed by atoms with van der Waals surface area (Å²) in [4.78, 5) is 12.2. The Morgan fingerprint density at radius 2 is 1.41 bits per heavy atom. The summed E-state index contributed by atoms with van der Waals surface area (Å²) in [6.45, 7) is 6.85. The first kappa shape index (κ1) is 26.6. The van der Waals surface area contributed by atoms with Gasteiger partial charge in [-0.1, -0.05) is 0 Å². The van der Waals surface area contributed by atoms with Gasteiger partial charge in [-0.15, -0.1) is 0 Å². The number of carbonyl (C=O) groups excluding carboxylic acids is 1. The Balaban J connectivity index is 2.43. The molecule has 2 rings (SSSR count). The molecule has 0 aromatic heterocycles. The van der Waals surface area contributed by atoms with Crippen LogP contribution in [0.5, 0.6) is 11.5 Å². The summed E-state index contributed by atoms with van der Waals surface area (Å²) in [5.41, 5.74) is 8.29. The van der Waals surface area contributed by atoms with Gasteiger partial charge in [0.2, 0.25) is 0 Å². The molecule has 2 aromatic rings. The number of unbranched alkanes of at least 4 members (excludes halogenated alkanes) is 3. The summed E-state index contributed by atoms with van der Waals surface area (Å²) in [6, 6.07) is 11.4. The van der Waals surface area contributed by atoms with E-state index < -0.39 is 18.4 Å². The molecule has 32 heavy (non-hydrogen) atoms. The van der Waals surface area contributed by atoms with Crippen molar-refractivity contribution in [1.82, 2.24) is 0 Å². The average Bonchev–Trinajstić information content (AvgIpc) is 2.79. The van der Waals surface area contributed by atoms with Gasteiger partial charge in [0.05, 0.1) is 0 Å². The van der Waals surface area contributed by atoms with Gasteiger partial charge in [-0.25, -0.2) is 0 Å². The number of aryl methyl sites for hydroxylation is 2. The maximum absolute atomic E-state index is 12.2. The minimum atomic E-state index is -2.60. The first-order valence-electron chi connectivity index (χ1n) is 12.3. The van der Waals surface area contributed by atoms with E-state index in [9.17, 15) is 15.0 Å². The summed E-state index contributed by atoms with van der Waals surface area (Å²) in [5.74, 6) is -0.605. The molecule has 0 heterocycles. The van der Waals surface area contributed by atoms with Crippen LogP contribution in [0.15, 0.2) is 36.4 Å². The molecule has 0 aliphatic carbocycles. The van der Waals surface area contributed by atoms with E-state index in [-0.39, 0.29) is 17.4 Å². The predicted molar refractivity (Wildman–Crippen MR) is 137 cm³/mol. The predicted octanol–water partition coefficient (Wildman–Crippen LogP) is 6.04. The van der Waals surface area contributed by atoms with Crippen molar-refractivity contribution in [3.05, 3.63) is 53.1 Å². The van der Waals surface area contributed by atoms with Crippen molar-refractivity contribution in [1.29, 1.82) is 0 Å². The maximum atomic E-state index is 12.2. The van der Waals surface area contributed by atoms with Gasteiger partial charge in [0.1, 0.15) is 0 Å². The normalized spacial score (nSPS) is 11.6. The van der Waals surface area contributed by atoms with Crippen LogP contribution in [-0.4, -0.2) is 34.5 Å². The number of phenolic OH excluding ortho intramolecular Hbond substituents is 2. The summed E-state index contributed by atoms with van der Waals surface area (Å²) in [5, 5.41) is 19.4. The average molecular weight is 546 g/mol. The van der Waals surface area contributed by atoms with Crippen LogP contribution in [-0.2, 0) is 12.8 Å². The van der Waals surface area contributed by atoms with Crippen LogP contribution in [0.3, 0.4) is 0 Å². The van der Waals surface area contributed by atoms with Gasteiger partial charge in [0, 0.05) is 0 Å². The van der Waals surface area contributed by atoms with Gasteiger partial charge in [-0.2, -0.15) is 0 Å². The molecule has 0 spiro atoms. The molecule has 0 aliphatic rings. The Labute approximate surface area is 198 Å². The minimum absolute atomic E-state index is 0.111. The Hall–Kier alpha value is -1.69. The van der Waals surface area contributed by atoms with E-state index >= 15 is 0 Å². The molecule has 0 atom stereocenters.